The van der Waals surface area contributed by atoms with Crippen molar-refractivity contribution in [2.45, 2.75) is 6.10 Å². The lowest BCUT2D eigenvalue weighted by Gasteiger charge is -2.09. The highest BCUT2D eigenvalue weighted by molar-refractivity contribution is 9.10. The Bertz CT molecular complexity index is 463. The summed E-state index contributed by atoms with van der Waals surface area (Å²) in [6.07, 6.45) is 0.970. The lowest BCUT2D eigenvalue weighted by molar-refractivity contribution is 0.212. The zero-order chi connectivity index (χ0) is 11.0. The van der Waals surface area contributed by atoms with Gasteiger partial charge in [0.1, 0.15) is 6.10 Å². The molecule has 80 valence electrons. The molecule has 0 bridgehead atoms. The summed E-state index contributed by atoms with van der Waals surface area (Å²) in [7, 11) is 1.79. The molecular formula is C9H8BrClN2OS. The van der Waals surface area contributed by atoms with Gasteiger partial charge in [0.15, 0.2) is 0 Å². The third-order valence-corrected chi connectivity index (χ3v) is 4.00. The quantitative estimate of drug-likeness (QED) is 0.926. The molecule has 1 atom stereocenters. The highest BCUT2D eigenvalue weighted by Crippen LogP contribution is 2.32. The van der Waals surface area contributed by atoms with E-state index >= 15 is 0 Å². The molecule has 3 nitrogen and oxygen atoms in total. The van der Waals surface area contributed by atoms with Crippen molar-refractivity contribution in [3.63, 3.8) is 0 Å². The second-order valence-corrected chi connectivity index (χ2v) is 5.30. The molecule has 0 fully saturated rings. The zero-order valence-corrected chi connectivity index (χ0v) is 11.0. The van der Waals surface area contributed by atoms with Gasteiger partial charge in [-0.3, -0.25) is 4.68 Å². The predicted octanol–water partition coefficient (Wildman–Crippen LogP) is 2.98. The number of halogens is 2. The average Bonchev–Trinajstić information content (AvgIpc) is 2.73. The second kappa shape index (κ2) is 4.25. The molecule has 1 unspecified atom stereocenters. The Hall–Kier alpha value is -0.360. The SMILES string of the molecule is Cn1ncc(Br)c1C(O)c1cc(Cl)cs1. The molecule has 2 aromatic rings. The van der Waals surface area contributed by atoms with Crippen LogP contribution in [0.1, 0.15) is 16.7 Å². The van der Waals surface area contributed by atoms with Crippen LogP contribution in [0.4, 0.5) is 0 Å². The smallest absolute Gasteiger partial charge is 0.131 e. The Kier molecular flexibility index (Phi) is 3.16. The van der Waals surface area contributed by atoms with Crippen LogP contribution in [0.15, 0.2) is 22.1 Å². The predicted molar refractivity (Wildman–Crippen MR) is 64.3 cm³/mol. The van der Waals surface area contributed by atoms with Crippen LogP contribution in [0, 0.1) is 0 Å². The number of hydrogen-bond acceptors (Lipinski definition) is 3. The first-order valence-electron chi connectivity index (χ1n) is 4.19. The first-order valence-corrected chi connectivity index (χ1v) is 6.24. The van der Waals surface area contributed by atoms with Gasteiger partial charge in [-0.05, 0) is 22.0 Å². The fraction of sp³-hybridized carbons (Fsp3) is 0.222. The number of aryl methyl sites for hydroxylation is 1. The molecule has 0 aliphatic carbocycles. The molecule has 0 aliphatic heterocycles. The molecular weight excluding hydrogens is 300 g/mol. The molecule has 0 amide bonds. The van der Waals surface area contributed by atoms with E-state index in [0.717, 1.165) is 15.0 Å². The maximum absolute atomic E-state index is 10.1. The first kappa shape index (κ1) is 11.1. The number of rotatable bonds is 2. The minimum atomic E-state index is -0.690. The van der Waals surface area contributed by atoms with Crippen molar-refractivity contribution in [3.8, 4) is 0 Å². The van der Waals surface area contributed by atoms with Crippen LogP contribution < -0.4 is 0 Å². The monoisotopic (exact) mass is 306 g/mol. The van der Waals surface area contributed by atoms with Gasteiger partial charge in [-0.1, -0.05) is 11.6 Å². The van der Waals surface area contributed by atoms with Crippen LogP contribution in [0.25, 0.3) is 0 Å². The van der Waals surface area contributed by atoms with Gasteiger partial charge >= 0.3 is 0 Å². The molecule has 2 heterocycles. The van der Waals surface area contributed by atoms with Gasteiger partial charge in [0.2, 0.25) is 0 Å². The van der Waals surface area contributed by atoms with E-state index in [9.17, 15) is 5.11 Å². The zero-order valence-electron chi connectivity index (χ0n) is 7.82. The van der Waals surface area contributed by atoms with Crippen molar-refractivity contribution in [2.75, 3.05) is 0 Å². The van der Waals surface area contributed by atoms with Crippen LogP contribution >= 0.6 is 38.9 Å². The maximum atomic E-state index is 10.1. The van der Waals surface area contributed by atoms with Crippen LogP contribution in [-0.2, 0) is 7.05 Å². The van der Waals surface area contributed by atoms with Crippen molar-refractivity contribution < 1.29 is 5.11 Å². The Morgan fingerprint density at radius 2 is 2.40 bits per heavy atom. The normalized spacial score (nSPS) is 13.1. The highest BCUT2D eigenvalue weighted by atomic mass is 79.9. The third kappa shape index (κ3) is 2.10. The molecule has 0 saturated heterocycles. The molecule has 0 spiro atoms. The minimum Gasteiger partial charge on any atom is -0.381 e. The summed E-state index contributed by atoms with van der Waals surface area (Å²) in [4.78, 5) is 0.810. The Labute approximate surface area is 104 Å². The number of aliphatic hydroxyl groups is 1. The van der Waals surface area contributed by atoms with E-state index in [-0.39, 0.29) is 0 Å². The fourth-order valence-electron chi connectivity index (χ4n) is 1.33. The summed E-state index contributed by atoms with van der Waals surface area (Å²) in [5.74, 6) is 0. The fourth-order valence-corrected chi connectivity index (χ4v) is 2.97. The Balaban J connectivity index is 2.40. The van der Waals surface area contributed by atoms with E-state index in [4.69, 9.17) is 11.6 Å². The summed E-state index contributed by atoms with van der Waals surface area (Å²) >= 11 is 10.6. The number of nitrogens with zero attached hydrogens (tertiary/aromatic N) is 2. The van der Waals surface area contributed by atoms with E-state index in [1.807, 2.05) is 0 Å². The third-order valence-electron chi connectivity index (χ3n) is 2.05. The summed E-state index contributed by atoms with van der Waals surface area (Å²) in [5.41, 5.74) is 0.730. The Morgan fingerprint density at radius 3 is 2.87 bits per heavy atom. The summed E-state index contributed by atoms with van der Waals surface area (Å²) in [6.45, 7) is 0. The van der Waals surface area contributed by atoms with Gasteiger partial charge in [0, 0.05) is 17.3 Å². The lowest BCUT2D eigenvalue weighted by Crippen LogP contribution is -2.05. The van der Waals surface area contributed by atoms with E-state index in [1.54, 1.807) is 29.4 Å². The molecule has 0 aliphatic rings. The van der Waals surface area contributed by atoms with Crippen molar-refractivity contribution in [1.29, 1.82) is 0 Å². The van der Waals surface area contributed by atoms with Crippen molar-refractivity contribution in [3.05, 3.63) is 37.7 Å². The molecule has 2 aromatic heterocycles. The van der Waals surface area contributed by atoms with Gasteiger partial charge in [-0.2, -0.15) is 5.10 Å². The lowest BCUT2D eigenvalue weighted by atomic mass is 10.2. The van der Waals surface area contributed by atoms with Gasteiger partial charge in [0.05, 0.1) is 21.4 Å². The largest absolute Gasteiger partial charge is 0.381 e. The van der Waals surface area contributed by atoms with Crippen LogP contribution in [0.2, 0.25) is 5.02 Å². The number of aromatic nitrogens is 2. The molecule has 15 heavy (non-hydrogen) atoms. The summed E-state index contributed by atoms with van der Waals surface area (Å²) in [6, 6.07) is 1.76. The van der Waals surface area contributed by atoms with Crippen LogP contribution in [0.3, 0.4) is 0 Å². The number of aliphatic hydroxyl groups excluding tert-OH is 1. The van der Waals surface area contributed by atoms with Crippen LogP contribution in [-0.4, -0.2) is 14.9 Å². The van der Waals surface area contributed by atoms with E-state index < -0.39 is 6.10 Å². The minimum absolute atomic E-state index is 0.646. The standard InChI is InChI=1S/C9H8BrClN2OS/c1-13-8(6(10)3-12-13)9(14)7-2-5(11)4-15-7/h2-4,9,14H,1H3. The molecule has 0 aromatic carbocycles. The highest BCUT2D eigenvalue weighted by Gasteiger charge is 2.19. The molecule has 2 rings (SSSR count). The van der Waals surface area contributed by atoms with E-state index in [1.165, 1.54) is 11.3 Å². The number of thiophene rings is 1. The van der Waals surface area contributed by atoms with Crippen LogP contribution in [0.5, 0.6) is 0 Å². The van der Waals surface area contributed by atoms with Gasteiger partial charge in [-0.15, -0.1) is 11.3 Å². The summed E-state index contributed by atoms with van der Waals surface area (Å²) in [5, 5.41) is 16.6. The molecule has 1 N–H and O–H groups in total. The topological polar surface area (TPSA) is 38.0 Å². The van der Waals surface area contributed by atoms with Crippen molar-refractivity contribution in [2.24, 2.45) is 7.05 Å². The first-order chi connectivity index (χ1) is 7.09. The summed E-state index contributed by atoms with van der Waals surface area (Å²) < 4.78 is 2.43. The van der Waals surface area contributed by atoms with Crippen molar-refractivity contribution >= 4 is 38.9 Å². The van der Waals surface area contributed by atoms with E-state index in [2.05, 4.69) is 21.0 Å². The second-order valence-electron chi connectivity index (χ2n) is 3.07. The van der Waals surface area contributed by atoms with Gasteiger partial charge < -0.3 is 5.11 Å². The number of hydrogen-bond donors (Lipinski definition) is 1. The van der Waals surface area contributed by atoms with Gasteiger partial charge in [-0.25, -0.2) is 0 Å². The molecule has 0 saturated carbocycles. The molecule has 0 radical (unpaired) electrons. The average molecular weight is 308 g/mol. The van der Waals surface area contributed by atoms with E-state index in [0.29, 0.717) is 5.02 Å². The van der Waals surface area contributed by atoms with Crippen molar-refractivity contribution in [1.82, 2.24) is 9.78 Å². The molecule has 6 heteroatoms. The Morgan fingerprint density at radius 1 is 1.67 bits per heavy atom. The maximum Gasteiger partial charge on any atom is 0.131 e. The van der Waals surface area contributed by atoms with Gasteiger partial charge in [0.25, 0.3) is 0 Å².